The average molecular weight is 295 g/mol. The molecule has 0 saturated heterocycles. The maximum Gasteiger partial charge on any atom is 0.292 e. The summed E-state index contributed by atoms with van der Waals surface area (Å²) in [6.45, 7) is 4.80. The Kier molecular flexibility index (Phi) is 4.24. The van der Waals surface area contributed by atoms with Crippen molar-refractivity contribution in [2.24, 2.45) is 0 Å². The Balaban J connectivity index is 2.43. The molecule has 0 aliphatic rings. The zero-order valence-corrected chi connectivity index (χ0v) is 12.0. The molecule has 2 aromatic rings. The summed E-state index contributed by atoms with van der Waals surface area (Å²) in [6, 6.07) is 5.01. The molecule has 20 heavy (non-hydrogen) atoms. The Morgan fingerprint density at radius 2 is 2.25 bits per heavy atom. The molecule has 0 aliphatic carbocycles. The van der Waals surface area contributed by atoms with E-state index in [9.17, 15) is 10.1 Å². The van der Waals surface area contributed by atoms with E-state index in [1.54, 1.807) is 16.9 Å². The summed E-state index contributed by atoms with van der Waals surface area (Å²) in [5.41, 5.74) is 2.25. The van der Waals surface area contributed by atoms with Gasteiger partial charge in [-0.15, -0.1) is 0 Å². The molecule has 2 rings (SSSR count). The minimum Gasteiger partial charge on any atom is -0.379 e. The fourth-order valence-corrected chi connectivity index (χ4v) is 2.14. The SMILES string of the molecule is CCNc1c(Cn2ncc(Cl)c2C)cccc1[N+](=O)[O-]. The molecule has 0 fully saturated rings. The first-order valence-corrected chi connectivity index (χ1v) is 6.60. The van der Waals surface area contributed by atoms with Gasteiger partial charge in [-0.05, 0) is 13.8 Å². The molecule has 1 aromatic carbocycles. The van der Waals surface area contributed by atoms with E-state index >= 15 is 0 Å². The lowest BCUT2D eigenvalue weighted by molar-refractivity contribution is -0.384. The molecule has 7 heteroatoms. The molecule has 106 valence electrons. The number of aromatic nitrogens is 2. The first-order chi connectivity index (χ1) is 9.54. The van der Waals surface area contributed by atoms with Crippen molar-refractivity contribution >= 4 is 23.0 Å². The second kappa shape index (κ2) is 5.92. The monoisotopic (exact) mass is 294 g/mol. The second-order valence-electron chi connectivity index (χ2n) is 4.33. The Hall–Kier alpha value is -2.08. The number of nitro groups is 1. The van der Waals surface area contributed by atoms with Crippen molar-refractivity contribution in [1.82, 2.24) is 9.78 Å². The number of nitrogens with zero attached hydrogens (tertiary/aromatic N) is 3. The minimum atomic E-state index is -0.385. The number of nitro benzene ring substituents is 1. The fraction of sp³-hybridized carbons (Fsp3) is 0.308. The minimum absolute atomic E-state index is 0.0697. The van der Waals surface area contributed by atoms with Crippen LogP contribution in [0.2, 0.25) is 5.02 Å². The van der Waals surface area contributed by atoms with Crippen LogP contribution in [0.3, 0.4) is 0 Å². The summed E-state index contributed by atoms with van der Waals surface area (Å²) in [4.78, 5) is 10.7. The van der Waals surface area contributed by atoms with Crippen LogP contribution in [0.5, 0.6) is 0 Å². The molecule has 0 amide bonds. The topological polar surface area (TPSA) is 73.0 Å². The van der Waals surface area contributed by atoms with Gasteiger partial charge in [-0.1, -0.05) is 23.7 Å². The largest absolute Gasteiger partial charge is 0.379 e. The summed E-state index contributed by atoms with van der Waals surface area (Å²) >= 11 is 5.97. The molecule has 1 heterocycles. The first kappa shape index (κ1) is 14.3. The maximum absolute atomic E-state index is 11.1. The van der Waals surface area contributed by atoms with Crippen LogP contribution in [0, 0.1) is 17.0 Å². The zero-order valence-electron chi connectivity index (χ0n) is 11.3. The highest BCUT2D eigenvalue weighted by molar-refractivity contribution is 6.31. The van der Waals surface area contributed by atoms with Gasteiger partial charge in [-0.25, -0.2) is 0 Å². The maximum atomic E-state index is 11.1. The number of benzene rings is 1. The van der Waals surface area contributed by atoms with Crippen LogP contribution < -0.4 is 5.32 Å². The molecule has 0 bridgehead atoms. The van der Waals surface area contributed by atoms with Crippen molar-refractivity contribution in [2.45, 2.75) is 20.4 Å². The number of nitrogens with one attached hydrogen (secondary N) is 1. The second-order valence-corrected chi connectivity index (χ2v) is 4.74. The third-order valence-corrected chi connectivity index (χ3v) is 3.41. The molecule has 0 aliphatic heterocycles. The number of hydrogen-bond acceptors (Lipinski definition) is 4. The number of rotatable bonds is 5. The van der Waals surface area contributed by atoms with Crippen LogP contribution in [0.25, 0.3) is 0 Å². The Morgan fingerprint density at radius 3 is 2.80 bits per heavy atom. The summed E-state index contributed by atoms with van der Waals surface area (Å²) in [7, 11) is 0. The van der Waals surface area contributed by atoms with E-state index < -0.39 is 0 Å². The average Bonchev–Trinajstić information content (AvgIpc) is 2.72. The highest BCUT2D eigenvalue weighted by atomic mass is 35.5. The Labute approximate surface area is 121 Å². The van der Waals surface area contributed by atoms with Gasteiger partial charge in [0.05, 0.1) is 28.4 Å². The van der Waals surface area contributed by atoms with Crippen molar-refractivity contribution in [3.05, 3.63) is 50.8 Å². The summed E-state index contributed by atoms with van der Waals surface area (Å²) in [5, 5.41) is 18.9. The van der Waals surface area contributed by atoms with Gasteiger partial charge in [-0.3, -0.25) is 14.8 Å². The molecular weight excluding hydrogens is 280 g/mol. The Morgan fingerprint density at radius 1 is 1.50 bits per heavy atom. The lowest BCUT2D eigenvalue weighted by Gasteiger charge is -2.12. The highest BCUT2D eigenvalue weighted by Crippen LogP contribution is 2.29. The molecule has 0 saturated carbocycles. The van der Waals surface area contributed by atoms with Crippen LogP contribution in [0.4, 0.5) is 11.4 Å². The molecule has 1 aromatic heterocycles. The number of halogens is 1. The molecule has 6 nitrogen and oxygen atoms in total. The van der Waals surface area contributed by atoms with Crippen LogP contribution in [-0.2, 0) is 6.54 Å². The lowest BCUT2D eigenvalue weighted by atomic mass is 10.1. The van der Waals surface area contributed by atoms with E-state index in [1.807, 2.05) is 19.9 Å². The van der Waals surface area contributed by atoms with Crippen molar-refractivity contribution < 1.29 is 4.92 Å². The summed E-state index contributed by atoms with van der Waals surface area (Å²) < 4.78 is 1.72. The van der Waals surface area contributed by atoms with Crippen LogP contribution >= 0.6 is 11.6 Å². The van der Waals surface area contributed by atoms with Gasteiger partial charge in [0.15, 0.2) is 0 Å². The number of anilines is 1. The molecule has 0 unspecified atom stereocenters. The first-order valence-electron chi connectivity index (χ1n) is 6.22. The third-order valence-electron chi connectivity index (χ3n) is 3.04. The molecule has 1 N–H and O–H groups in total. The number of hydrogen-bond donors (Lipinski definition) is 1. The quantitative estimate of drug-likeness (QED) is 0.679. The van der Waals surface area contributed by atoms with Crippen LogP contribution in [0.1, 0.15) is 18.2 Å². The third kappa shape index (κ3) is 2.75. The van der Waals surface area contributed by atoms with E-state index in [1.165, 1.54) is 6.07 Å². The molecular formula is C13H15ClN4O2. The molecule has 0 radical (unpaired) electrons. The highest BCUT2D eigenvalue weighted by Gasteiger charge is 2.17. The Bertz CT molecular complexity index is 639. The van der Waals surface area contributed by atoms with Crippen molar-refractivity contribution in [1.29, 1.82) is 0 Å². The van der Waals surface area contributed by atoms with Crippen LogP contribution in [0.15, 0.2) is 24.4 Å². The van der Waals surface area contributed by atoms with Crippen molar-refractivity contribution in [3.8, 4) is 0 Å². The van der Waals surface area contributed by atoms with E-state index in [4.69, 9.17) is 11.6 Å². The summed E-state index contributed by atoms with van der Waals surface area (Å²) in [5.74, 6) is 0. The zero-order chi connectivity index (χ0) is 14.7. The van der Waals surface area contributed by atoms with Gasteiger partial charge >= 0.3 is 0 Å². The van der Waals surface area contributed by atoms with Gasteiger partial charge in [0.25, 0.3) is 5.69 Å². The van der Waals surface area contributed by atoms with E-state index in [0.717, 1.165) is 11.3 Å². The smallest absolute Gasteiger partial charge is 0.292 e. The summed E-state index contributed by atoms with van der Waals surface area (Å²) in [6.07, 6.45) is 1.57. The predicted octanol–water partition coefficient (Wildman–Crippen LogP) is 3.23. The standard InChI is InChI=1S/C13H15ClN4O2/c1-3-15-13-10(5-4-6-12(13)18(19)20)8-17-9(2)11(14)7-16-17/h4-7,15H,3,8H2,1-2H3. The van der Waals surface area contributed by atoms with E-state index in [2.05, 4.69) is 10.4 Å². The van der Waals surface area contributed by atoms with Gasteiger partial charge in [0.2, 0.25) is 0 Å². The predicted molar refractivity (Wildman–Crippen MR) is 78.3 cm³/mol. The normalized spacial score (nSPS) is 10.6. The molecule has 0 atom stereocenters. The van der Waals surface area contributed by atoms with Gasteiger partial charge in [0, 0.05) is 18.2 Å². The lowest BCUT2D eigenvalue weighted by Crippen LogP contribution is -2.09. The van der Waals surface area contributed by atoms with Gasteiger partial charge in [-0.2, -0.15) is 5.10 Å². The fourth-order valence-electron chi connectivity index (χ4n) is 2.00. The van der Waals surface area contributed by atoms with E-state index in [-0.39, 0.29) is 10.6 Å². The number of para-hydroxylation sites is 1. The van der Waals surface area contributed by atoms with Gasteiger partial charge < -0.3 is 5.32 Å². The van der Waals surface area contributed by atoms with Crippen molar-refractivity contribution in [3.63, 3.8) is 0 Å². The van der Waals surface area contributed by atoms with Gasteiger partial charge in [0.1, 0.15) is 5.69 Å². The van der Waals surface area contributed by atoms with Crippen LogP contribution in [-0.4, -0.2) is 21.2 Å². The molecule has 0 spiro atoms. The van der Waals surface area contributed by atoms with Crippen molar-refractivity contribution in [2.75, 3.05) is 11.9 Å². The van der Waals surface area contributed by atoms with E-state index in [0.29, 0.717) is 23.8 Å².